The molecule has 142 valence electrons. The van der Waals surface area contributed by atoms with Crippen LogP contribution in [0, 0.1) is 0 Å². The number of aromatic nitrogens is 6. The number of nitrogens with one attached hydrogen (secondary N) is 1. The van der Waals surface area contributed by atoms with Crippen molar-refractivity contribution in [3.63, 3.8) is 0 Å². The molecule has 4 rings (SSSR count). The lowest BCUT2D eigenvalue weighted by atomic mass is 10.1. The van der Waals surface area contributed by atoms with Crippen molar-refractivity contribution in [1.29, 1.82) is 0 Å². The highest BCUT2D eigenvalue weighted by Gasteiger charge is 2.13. The van der Waals surface area contributed by atoms with Gasteiger partial charge in [-0.05, 0) is 30.6 Å². The minimum absolute atomic E-state index is 0.704. The zero-order chi connectivity index (χ0) is 19.2. The van der Waals surface area contributed by atoms with Gasteiger partial charge in [-0.15, -0.1) is 0 Å². The van der Waals surface area contributed by atoms with Gasteiger partial charge in [-0.2, -0.15) is 16.9 Å². The van der Waals surface area contributed by atoms with E-state index in [2.05, 4.69) is 55.3 Å². The van der Waals surface area contributed by atoms with Crippen molar-refractivity contribution in [2.75, 3.05) is 12.0 Å². The van der Waals surface area contributed by atoms with Crippen LogP contribution < -0.4 is 0 Å². The van der Waals surface area contributed by atoms with Crippen LogP contribution in [0.2, 0.25) is 0 Å². The Hall–Kier alpha value is -2.93. The van der Waals surface area contributed by atoms with Crippen LogP contribution in [0.4, 0.5) is 0 Å². The number of thioether (sulfide) groups is 1. The van der Waals surface area contributed by atoms with E-state index in [1.54, 1.807) is 12.4 Å². The second kappa shape index (κ2) is 8.84. The van der Waals surface area contributed by atoms with E-state index in [4.69, 9.17) is 4.98 Å². The fourth-order valence-electron chi connectivity index (χ4n) is 3.16. The van der Waals surface area contributed by atoms with Crippen LogP contribution in [0.1, 0.15) is 11.5 Å². The molecule has 0 fully saturated rings. The topological polar surface area (TPSA) is 72.3 Å². The predicted molar refractivity (Wildman–Crippen MR) is 113 cm³/mol. The second-order valence-electron chi connectivity index (χ2n) is 6.43. The average Bonchev–Trinajstić information content (AvgIpc) is 3.39. The van der Waals surface area contributed by atoms with Crippen molar-refractivity contribution in [2.24, 2.45) is 0 Å². The van der Waals surface area contributed by atoms with Gasteiger partial charge in [-0.25, -0.2) is 9.97 Å². The summed E-state index contributed by atoms with van der Waals surface area (Å²) < 4.78 is 2.24. The summed E-state index contributed by atoms with van der Waals surface area (Å²) in [4.78, 5) is 13.4. The molecule has 0 atom stereocenters. The van der Waals surface area contributed by atoms with Crippen LogP contribution in [-0.4, -0.2) is 41.7 Å². The summed E-state index contributed by atoms with van der Waals surface area (Å²) in [5, 5.41) is 7.39. The van der Waals surface area contributed by atoms with E-state index in [9.17, 15) is 0 Å². The Labute approximate surface area is 168 Å². The van der Waals surface area contributed by atoms with E-state index in [-0.39, 0.29) is 0 Å². The fourth-order valence-corrected chi connectivity index (χ4v) is 3.56. The lowest BCUT2D eigenvalue weighted by molar-refractivity contribution is 0.647. The van der Waals surface area contributed by atoms with Crippen LogP contribution >= 0.6 is 11.8 Å². The third-order valence-corrected chi connectivity index (χ3v) is 5.21. The summed E-state index contributed by atoms with van der Waals surface area (Å²) in [5.74, 6) is 2.65. The highest BCUT2D eigenvalue weighted by Crippen LogP contribution is 2.23. The van der Waals surface area contributed by atoms with Gasteiger partial charge in [0.1, 0.15) is 5.82 Å². The predicted octanol–water partition coefficient (Wildman–Crippen LogP) is 3.88. The Morgan fingerprint density at radius 2 is 1.82 bits per heavy atom. The van der Waals surface area contributed by atoms with E-state index < -0.39 is 0 Å². The molecule has 0 amide bonds. The molecule has 1 N–H and O–H groups in total. The third-order valence-electron chi connectivity index (χ3n) is 4.60. The van der Waals surface area contributed by atoms with Crippen molar-refractivity contribution in [1.82, 2.24) is 29.7 Å². The van der Waals surface area contributed by atoms with Crippen LogP contribution in [0.25, 0.3) is 22.6 Å². The SMILES string of the molecule is CSCCc1c(-c2ccccc2)ncn1CCc1nc(-c2ccncc2)n[nH]1. The minimum Gasteiger partial charge on any atom is -0.333 e. The molecule has 0 radical (unpaired) electrons. The Bertz CT molecular complexity index is 1010. The standard InChI is InChI=1S/C21H22N6S/c1-28-14-10-18-20(16-5-3-2-4-6-16)23-15-27(18)13-9-19-24-21(26-25-19)17-7-11-22-12-8-17/h2-8,11-12,15H,9-10,13-14H2,1H3,(H,24,25,26). The van der Waals surface area contributed by atoms with E-state index in [1.165, 1.54) is 5.69 Å². The molecule has 0 saturated carbocycles. The number of hydrogen-bond donors (Lipinski definition) is 1. The van der Waals surface area contributed by atoms with E-state index in [0.29, 0.717) is 5.82 Å². The molecule has 4 aromatic rings. The maximum Gasteiger partial charge on any atom is 0.181 e. The van der Waals surface area contributed by atoms with Crippen molar-refractivity contribution >= 4 is 11.8 Å². The number of nitrogens with zero attached hydrogens (tertiary/aromatic N) is 5. The van der Waals surface area contributed by atoms with Gasteiger partial charge >= 0.3 is 0 Å². The van der Waals surface area contributed by atoms with Crippen LogP contribution in [0.5, 0.6) is 0 Å². The smallest absolute Gasteiger partial charge is 0.181 e. The third kappa shape index (κ3) is 4.14. The van der Waals surface area contributed by atoms with E-state index in [1.807, 2.05) is 36.3 Å². The molecule has 0 spiro atoms. The van der Waals surface area contributed by atoms with E-state index in [0.717, 1.165) is 47.8 Å². The molecule has 0 aliphatic rings. The molecule has 0 saturated heterocycles. The Balaban J connectivity index is 1.52. The van der Waals surface area contributed by atoms with Gasteiger partial charge in [-0.3, -0.25) is 10.1 Å². The van der Waals surface area contributed by atoms with Crippen LogP contribution in [0.3, 0.4) is 0 Å². The molecule has 0 aliphatic carbocycles. The van der Waals surface area contributed by atoms with Crippen molar-refractivity contribution in [3.05, 3.63) is 72.7 Å². The molecule has 28 heavy (non-hydrogen) atoms. The molecule has 1 aromatic carbocycles. The lowest BCUT2D eigenvalue weighted by Gasteiger charge is -2.09. The summed E-state index contributed by atoms with van der Waals surface area (Å²) in [6.45, 7) is 0.814. The van der Waals surface area contributed by atoms with Gasteiger partial charge in [0.25, 0.3) is 0 Å². The number of imidazole rings is 1. The molecule has 7 heteroatoms. The number of rotatable bonds is 8. The number of hydrogen-bond acceptors (Lipinski definition) is 5. The zero-order valence-electron chi connectivity index (χ0n) is 15.7. The number of H-pyrrole nitrogens is 1. The summed E-state index contributed by atoms with van der Waals surface area (Å²) in [7, 11) is 0. The van der Waals surface area contributed by atoms with Crippen molar-refractivity contribution in [2.45, 2.75) is 19.4 Å². The fraction of sp³-hybridized carbons (Fsp3) is 0.238. The molecule has 3 heterocycles. The molecule has 0 aliphatic heterocycles. The summed E-state index contributed by atoms with van der Waals surface area (Å²) in [6.07, 6.45) is 9.34. The zero-order valence-corrected chi connectivity index (χ0v) is 16.6. The largest absolute Gasteiger partial charge is 0.333 e. The molecular weight excluding hydrogens is 368 g/mol. The number of aromatic amines is 1. The first-order chi connectivity index (χ1) is 13.8. The van der Waals surface area contributed by atoms with Gasteiger partial charge in [0.2, 0.25) is 0 Å². The number of aryl methyl sites for hydroxylation is 2. The normalized spacial score (nSPS) is 11.0. The monoisotopic (exact) mass is 390 g/mol. The van der Waals surface area contributed by atoms with Crippen molar-refractivity contribution < 1.29 is 0 Å². The van der Waals surface area contributed by atoms with Crippen LogP contribution in [-0.2, 0) is 19.4 Å². The minimum atomic E-state index is 0.704. The van der Waals surface area contributed by atoms with Gasteiger partial charge < -0.3 is 4.57 Å². The highest BCUT2D eigenvalue weighted by molar-refractivity contribution is 7.98. The number of benzene rings is 1. The summed E-state index contributed by atoms with van der Waals surface area (Å²) >= 11 is 1.85. The first-order valence-electron chi connectivity index (χ1n) is 9.25. The Kier molecular flexibility index (Phi) is 5.82. The molecule has 0 bridgehead atoms. The Morgan fingerprint density at radius 1 is 1.00 bits per heavy atom. The van der Waals surface area contributed by atoms with E-state index >= 15 is 0 Å². The van der Waals surface area contributed by atoms with Gasteiger partial charge in [0.15, 0.2) is 5.82 Å². The summed E-state index contributed by atoms with van der Waals surface area (Å²) in [6, 6.07) is 14.2. The highest BCUT2D eigenvalue weighted by atomic mass is 32.2. The van der Waals surface area contributed by atoms with Gasteiger partial charge in [0, 0.05) is 42.2 Å². The molecule has 6 nitrogen and oxygen atoms in total. The molecule has 0 unspecified atom stereocenters. The molecule has 3 aromatic heterocycles. The van der Waals surface area contributed by atoms with Crippen molar-refractivity contribution in [3.8, 4) is 22.6 Å². The first-order valence-corrected chi connectivity index (χ1v) is 10.6. The second-order valence-corrected chi connectivity index (χ2v) is 7.42. The first kappa shape index (κ1) is 18.4. The Morgan fingerprint density at radius 3 is 2.61 bits per heavy atom. The average molecular weight is 391 g/mol. The maximum absolute atomic E-state index is 4.70. The van der Waals surface area contributed by atoms with Gasteiger partial charge in [-0.1, -0.05) is 30.3 Å². The maximum atomic E-state index is 4.70. The van der Waals surface area contributed by atoms with Crippen LogP contribution in [0.15, 0.2) is 61.2 Å². The lowest BCUT2D eigenvalue weighted by Crippen LogP contribution is -2.07. The quantitative estimate of drug-likeness (QED) is 0.494. The summed E-state index contributed by atoms with van der Waals surface area (Å²) in [5.41, 5.74) is 4.48. The number of pyridine rings is 1. The van der Waals surface area contributed by atoms with Gasteiger partial charge in [0.05, 0.1) is 12.0 Å². The molecular formula is C21H22N6S.